The number of benzene rings is 2. The van der Waals surface area contributed by atoms with Gasteiger partial charge in [0, 0.05) is 30.1 Å². The van der Waals surface area contributed by atoms with Crippen LogP contribution in [0.2, 0.25) is 0 Å². The Labute approximate surface area is 161 Å². The lowest BCUT2D eigenvalue weighted by atomic mass is 10.1. The minimum absolute atomic E-state index is 0.0534. The Balaban J connectivity index is 1.86. The molecule has 1 aromatic heterocycles. The van der Waals surface area contributed by atoms with Crippen molar-refractivity contribution >= 4 is 27.0 Å². The molecule has 140 valence electrons. The zero-order valence-electron chi connectivity index (χ0n) is 14.4. The highest BCUT2D eigenvalue weighted by atomic mass is 32.2. The molecule has 3 rings (SSSR count). The van der Waals surface area contributed by atoms with Gasteiger partial charge in [-0.25, -0.2) is 8.42 Å². The molecule has 8 heteroatoms. The number of hydrogen-bond donors (Lipinski definition) is 0. The van der Waals surface area contributed by atoms with Gasteiger partial charge in [-0.05, 0) is 35.6 Å². The molecule has 0 atom stereocenters. The molecule has 0 spiro atoms. The summed E-state index contributed by atoms with van der Waals surface area (Å²) in [5.41, 5.74) is 0.913. The molecule has 1 heterocycles. The average Bonchev–Trinajstić information content (AvgIpc) is 3.19. The normalized spacial score (nSPS) is 11.6. The quantitative estimate of drug-likeness (QED) is 0.420. The van der Waals surface area contributed by atoms with Gasteiger partial charge in [-0.3, -0.25) is 10.1 Å². The van der Waals surface area contributed by atoms with Crippen LogP contribution in [0.3, 0.4) is 0 Å². The first-order valence-corrected chi connectivity index (χ1v) is 10.6. The zero-order chi connectivity index (χ0) is 19.3. The van der Waals surface area contributed by atoms with Crippen molar-refractivity contribution in [3.8, 4) is 0 Å². The van der Waals surface area contributed by atoms with E-state index in [0.717, 1.165) is 10.4 Å². The molecule has 0 unspecified atom stereocenters. The summed E-state index contributed by atoms with van der Waals surface area (Å²) >= 11 is 1.50. The van der Waals surface area contributed by atoms with Gasteiger partial charge >= 0.3 is 0 Å². The van der Waals surface area contributed by atoms with Crippen molar-refractivity contribution in [2.75, 3.05) is 6.54 Å². The van der Waals surface area contributed by atoms with Crippen molar-refractivity contribution in [1.82, 2.24) is 4.31 Å². The number of nitro benzene ring substituents is 1. The lowest BCUT2D eigenvalue weighted by Gasteiger charge is -2.22. The van der Waals surface area contributed by atoms with E-state index >= 15 is 0 Å². The second-order valence-corrected chi connectivity index (χ2v) is 8.87. The summed E-state index contributed by atoms with van der Waals surface area (Å²) in [4.78, 5) is 11.3. The van der Waals surface area contributed by atoms with Crippen molar-refractivity contribution < 1.29 is 13.3 Å². The number of sulfonamides is 1. The van der Waals surface area contributed by atoms with Gasteiger partial charge in [-0.1, -0.05) is 36.4 Å². The third-order valence-electron chi connectivity index (χ3n) is 4.09. The Hall–Kier alpha value is -2.55. The highest BCUT2D eigenvalue weighted by molar-refractivity contribution is 7.89. The van der Waals surface area contributed by atoms with Crippen LogP contribution in [-0.2, 0) is 23.0 Å². The predicted octanol–water partition coefficient (Wildman–Crippen LogP) is 4.09. The van der Waals surface area contributed by atoms with Gasteiger partial charge in [0.15, 0.2) is 0 Å². The van der Waals surface area contributed by atoms with E-state index in [2.05, 4.69) is 0 Å². The third-order valence-corrected chi connectivity index (χ3v) is 6.81. The summed E-state index contributed by atoms with van der Waals surface area (Å²) in [6.07, 6.45) is 0.582. The molecule has 0 bridgehead atoms. The summed E-state index contributed by atoms with van der Waals surface area (Å²) in [5, 5.41) is 12.7. The van der Waals surface area contributed by atoms with Gasteiger partial charge in [0.2, 0.25) is 10.0 Å². The molecule has 0 saturated heterocycles. The molecule has 3 aromatic rings. The molecular formula is C19H18N2O4S2. The SMILES string of the molecule is O=[N+]([O-])c1ccc(S(=O)(=O)N(CCc2ccccc2)Cc2cccs2)cc1. The van der Waals surface area contributed by atoms with Gasteiger partial charge < -0.3 is 0 Å². The van der Waals surface area contributed by atoms with E-state index in [4.69, 9.17) is 0 Å². The minimum atomic E-state index is -3.77. The van der Waals surface area contributed by atoms with Crippen LogP contribution in [0, 0.1) is 10.1 Å². The number of rotatable bonds is 8. The van der Waals surface area contributed by atoms with Crippen LogP contribution < -0.4 is 0 Å². The summed E-state index contributed by atoms with van der Waals surface area (Å²) in [5.74, 6) is 0. The first-order valence-electron chi connectivity index (χ1n) is 8.28. The molecule has 0 fully saturated rings. The van der Waals surface area contributed by atoms with Gasteiger partial charge in [0.05, 0.1) is 9.82 Å². The van der Waals surface area contributed by atoms with Gasteiger partial charge in [-0.15, -0.1) is 11.3 Å². The largest absolute Gasteiger partial charge is 0.269 e. The number of thiophene rings is 1. The Bertz CT molecular complexity index is 986. The summed E-state index contributed by atoms with van der Waals surface area (Å²) in [6, 6.07) is 18.5. The number of non-ortho nitro benzene ring substituents is 1. The summed E-state index contributed by atoms with van der Waals surface area (Å²) in [7, 11) is -3.77. The van der Waals surface area contributed by atoms with Crippen LogP contribution in [0.4, 0.5) is 5.69 Å². The summed E-state index contributed by atoms with van der Waals surface area (Å²) in [6.45, 7) is 0.588. The van der Waals surface area contributed by atoms with E-state index in [-0.39, 0.29) is 17.1 Å². The van der Waals surface area contributed by atoms with Crippen LogP contribution >= 0.6 is 11.3 Å². The van der Waals surface area contributed by atoms with Gasteiger partial charge in [0.25, 0.3) is 5.69 Å². The van der Waals surface area contributed by atoms with Crippen LogP contribution in [-0.4, -0.2) is 24.2 Å². The number of hydrogen-bond acceptors (Lipinski definition) is 5. The van der Waals surface area contributed by atoms with Crippen LogP contribution in [0.1, 0.15) is 10.4 Å². The van der Waals surface area contributed by atoms with Crippen molar-refractivity contribution in [1.29, 1.82) is 0 Å². The molecule has 0 aliphatic heterocycles. The highest BCUT2D eigenvalue weighted by Gasteiger charge is 2.25. The van der Waals surface area contributed by atoms with E-state index in [1.807, 2.05) is 47.8 Å². The molecule has 2 aromatic carbocycles. The smallest absolute Gasteiger partial charge is 0.258 e. The summed E-state index contributed by atoms with van der Waals surface area (Å²) < 4.78 is 27.7. The van der Waals surface area contributed by atoms with Gasteiger partial charge in [-0.2, -0.15) is 4.31 Å². The van der Waals surface area contributed by atoms with Crippen molar-refractivity contribution in [2.45, 2.75) is 17.9 Å². The number of nitrogens with zero attached hydrogens (tertiary/aromatic N) is 2. The lowest BCUT2D eigenvalue weighted by molar-refractivity contribution is -0.384. The second kappa shape index (κ2) is 8.43. The van der Waals surface area contributed by atoms with Crippen molar-refractivity contribution in [3.63, 3.8) is 0 Å². The van der Waals surface area contributed by atoms with E-state index < -0.39 is 14.9 Å². The molecule has 0 aliphatic rings. The van der Waals surface area contributed by atoms with Crippen molar-refractivity contribution in [3.05, 3.63) is 92.7 Å². The molecule has 0 aliphatic carbocycles. The second-order valence-electron chi connectivity index (χ2n) is 5.90. The van der Waals surface area contributed by atoms with Crippen LogP contribution in [0.15, 0.2) is 77.0 Å². The van der Waals surface area contributed by atoms with E-state index in [1.165, 1.54) is 39.9 Å². The molecule has 6 nitrogen and oxygen atoms in total. The van der Waals surface area contributed by atoms with E-state index in [0.29, 0.717) is 13.0 Å². The van der Waals surface area contributed by atoms with Crippen LogP contribution in [0.5, 0.6) is 0 Å². The molecule has 0 saturated carbocycles. The Morgan fingerprint density at radius 1 is 0.963 bits per heavy atom. The molecule has 0 radical (unpaired) electrons. The molecule has 27 heavy (non-hydrogen) atoms. The third kappa shape index (κ3) is 4.79. The van der Waals surface area contributed by atoms with E-state index in [9.17, 15) is 18.5 Å². The Morgan fingerprint density at radius 3 is 2.26 bits per heavy atom. The topological polar surface area (TPSA) is 80.5 Å². The van der Waals surface area contributed by atoms with Crippen molar-refractivity contribution in [2.24, 2.45) is 0 Å². The first-order chi connectivity index (χ1) is 13.0. The maximum absolute atomic E-state index is 13.1. The Morgan fingerprint density at radius 2 is 1.67 bits per heavy atom. The molecule has 0 N–H and O–H groups in total. The first kappa shape index (κ1) is 19.2. The standard InChI is InChI=1S/C19H18N2O4S2/c22-21(23)17-8-10-19(11-9-17)27(24,25)20(15-18-7-4-14-26-18)13-12-16-5-2-1-3-6-16/h1-11,14H,12-13,15H2. The van der Waals surface area contributed by atoms with Crippen LogP contribution in [0.25, 0.3) is 0 Å². The molecule has 0 amide bonds. The minimum Gasteiger partial charge on any atom is -0.258 e. The highest BCUT2D eigenvalue weighted by Crippen LogP contribution is 2.23. The monoisotopic (exact) mass is 402 g/mol. The van der Waals surface area contributed by atoms with E-state index in [1.54, 1.807) is 0 Å². The fraction of sp³-hybridized carbons (Fsp3) is 0.158. The number of nitro groups is 1. The molecular weight excluding hydrogens is 384 g/mol. The Kier molecular flexibility index (Phi) is 6.00. The predicted molar refractivity (Wildman–Crippen MR) is 105 cm³/mol. The average molecular weight is 402 g/mol. The fourth-order valence-electron chi connectivity index (χ4n) is 2.65. The lowest BCUT2D eigenvalue weighted by Crippen LogP contribution is -2.32. The zero-order valence-corrected chi connectivity index (χ0v) is 16.0. The maximum Gasteiger partial charge on any atom is 0.269 e. The fourth-order valence-corrected chi connectivity index (χ4v) is 4.87. The van der Waals surface area contributed by atoms with Gasteiger partial charge in [0.1, 0.15) is 0 Å². The maximum atomic E-state index is 13.1.